The molecule has 7 heteroatoms. The number of hydrogen-bond donors (Lipinski definition) is 1. The Morgan fingerprint density at radius 1 is 1.27 bits per heavy atom. The number of rotatable bonds is 5. The van der Waals surface area contributed by atoms with Crippen molar-refractivity contribution in [3.8, 4) is 17.5 Å². The van der Waals surface area contributed by atoms with Gasteiger partial charge in [0.05, 0.1) is 16.9 Å². The Balaban J connectivity index is 1.72. The number of ether oxygens (including phenoxy) is 1. The molecule has 0 fully saturated rings. The smallest absolute Gasteiger partial charge is 0.263 e. The highest BCUT2D eigenvalue weighted by Crippen LogP contribution is 2.20. The van der Waals surface area contributed by atoms with E-state index in [2.05, 4.69) is 10.4 Å². The number of nitrogens with one attached hydrogen (secondary N) is 1. The van der Waals surface area contributed by atoms with Crippen molar-refractivity contribution >= 4 is 23.3 Å². The first-order chi connectivity index (χ1) is 12.6. The van der Waals surface area contributed by atoms with E-state index in [1.165, 1.54) is 0 Å². The summed E-state index contributed by atoms with van der Waals surface area (Å²) in [5, 5.41) is 16.8. The molecule has 1 N–H and O–H groups in total. The number of nitrogens with zero attached hydrogens (tertiary/aromatic N) is 3. The van der Waals surface area contributed by atoms with Crippen LogP contribution < -0.4 is 10.1 Å². The summed E-state index contributed by atoms with van der Waals surface area (Å²) in [6, 6.07) is 17.7. The van der Waals surface area contributed by atoms with Gasteiger partial charge in [-0.05, 0) is 43.3 Å². The Morgan fingerprint density at radius 2 is 2.00 bits per heavy atom. The van der Waals surface area contributed by atoms with E-state index >= 15 is 0 Å². The molecule has 0 bridgehead atoms. The molecule has 0 radical (unpaired) electrons. The first kappa shape index (κ1) is 17.5. The van der Waals surface area contributed by atoms with E-state index in [1.807, 2.05) is 25.1 Å². The largest absolute Gasteiger partial charge is 0.482 e. The number of nitriles is 1. The van der Waals surface area contributed by atoms with E-state index in [0.717, 1.165) is 11.4 Å². The molecule has 0 atom stereocenters. The van der Waals surface area contributed by atoms with E-state index in [1.54, 1.807) is 47.1 Å². The zero-order valence-electron chi connectivity index (χ0n) is 13.9. The van der Waals surface area contributed by atoms with Crippen LogP contribution in [0.5, 0.6) is 5.75 Å². The lowest BCUT2D eigenvalue weighted by atomic mass is 10.2. The second kappa shape index (κ2) is 7.72. The molecule has 3 aromatic rings. The number of aryl methyl sites for hydroxylation is 1. The first-order valence-corrected chi connectivity index (χ1v) is 8.19. The molecule has 0 spiro atoms. The fourth-order valence-corrected chi connectivity index (χ4v) is 2.50. The second-order valence-corrected chi connectivity index (χ2v) is 5.94. The Hall–Kier alpha value is -3.30. The summed E-state index contributed by atoms with van der Waals surface area (Å²) in [4.78, 5) is 12.3. The molecular weight excluding hydrogens is 352 g/mol. The van der Waals surface area contributed by atoms with Crippen LogP contribution in [0.1, 0.15) is 11.3 Å². The summed E-state index contributed by atoms with van der Waals surface area (Å²) in [6.45, 7) is 1.62. The van der Waals surface area contributed by atoms with Crippen LogP contribution in [0.15, 0.2) is 54.6 Å². The van der Waals surface area contributed by atoms with Gasteiger partial charge in [0.25, 0.3) is 5.91 Å². The van der Waals surface area contributed by atoms with Gasteiger partial charge in [0, 0.05) is 11.1 Å². The highest BCUT2D eigenvalue weighted by molar-refractivity contribution is 6.30. The lowest BCUT2D eigenvalue weighted by Gasteiger charge is -2.10. The van der Waals surface area contributed by atoms with Crippen LogP contribution in [-0.4, -0.2) is 22.3 Å². The van der Waals surface area contributed by atoms with E-state index in [0.29, 0.717) is 22.2 Å². The number of hydrogen-bond acceptors (Lipinski definition) is 4. The van der Waals surface area contributed by atoms with Gasteiger partial charge < -0.3 is 10.1 Å². The third-order valence-electron chi connectivity index (χ3n) is 3.54. The first-order valence-electron chi connectivity index (χ1n) is 7.81. The van der Waals surface area contributed by atoms with Crippen LogP contribution in [-0.2, 0) is 4.79 Å². The fraction of sp³-hybridized carbons (Fsp3) is 0.105. The summed E-state index contributed by atoms with van der Waals surface area (Å²) in [7, 11) is 0. The van der Waals surface area contributed by atoms with Gasteiger partial charge in [0.15, 0.2) is 6.61 Å². The standard InChI is InChI=1S/C19H15ClN4O2/c1-13-10-18(24(23-13)16-8-6-15(20)7-9-16)22-19(25)12-26-17-5-3-2-4-14(17)11-21/h2-10H,12H2,1H3,(H,22,25). The Kier molecular flexibility index (Phi) is 5.20. The number of aromatic nitrogens is 2. The molecule has 0 aliphatic heterocycles. The van der Waals surface area contributed by atoms with E-state index in [-0.39, 0.29) is 12.5 Å². The van der Waals surface area contributed by atoms with Crippen LogP contribution in [0.4, 0.5) is 5.82 Å². The lowest BCUT2D eigenvalue weighted by Crippen LogP contribution is -2.22. The Bertz CT molecular complexity index is 974. The molecule has 3 rings (SSSR count). The molecule has 0 saturated heterocycles. The molecule has 130 valence electrons. The number of carbonyl (C=O) groups is 1. The number of anilines is 1. The number of para-hydroxylation sites is 1. The third kappa shape index (κ3) is 4.02. The third-order valence-corrected chi connectivity index (χ3v) is 3.79. The number of halogens is 1. The second-order valence-electron chi connectivity index (χ2n) is 5.50. The summed E-state index contributed by atoms with van der Waals surface area (Å²) < 4.78 is 7.07. The topological polar surface area (TPSA) is 79.9 Å². The maximum Gasteiger partial charge on any atom is 0.263 e. The van der Waals surface area contributed by atoms with Gasteiger partial charge in [0.2, 0.25) is 0 Å². The number of carbonyl (C=O) groups excluding carboxylic acids is 1. The maximum atomic E-state index is 12.3. The molecule has 0 unspecified atom stereocenters. The molecular formula is C19H15ClN4O2. The van der Waals surface area contributed by atoms with Crippen LogP contribution in [0, 0.1) is 18.3 Å². The van der Waals surface area contributed by atoms with Crippen molar-refractivity contribution in [2.45, 2.75) is 6.92 Å². The van der Waals surface area contributed by atoms with Gasteiger partial charge in [-0.2, -0.15) is 10.4 Å². The molecule has 0 aliphatic carbocycles. The van der Waals surface area contributed by atoms with Crippen LogP contribution >= 0.6 is 11.6 Å². The van der Waals surface area contributed by atoms with Gasteiger partial charge in [-0.15, -0.1) is 0 Å². The minimum absolute atomic E-state index is 0.219. The van der Waals surface area contributed by atoms with Crippen molar-refractivity contribution in [1.29, 1.82) is 5.26 Å². The quantitative estimate of drug-likeness (QED) is 0.746. The van der Waals surface area contributed by atoms with Crippen LogP contribution in [0.3, 0.4) is 0 Å². The Morgan fingerprint density at radius 3 is 2.73 bits per heavy atom. The average molecular weight is 367 g/mol. The molecule has 6 nitrogen and oxygen atoms in total. The highest BCUT2D eigenvalue weighted by atomic mass is 35.5. The molecule has 0 aliphatic rings. The van der Waals surface area contributed by atoms with Gasteiger partial charge in [0.1, 0.15) is 17.6 Å². The monoisotopic (exact) mass is 366 g/mol. The van der Waals surface area contributed by atoms with Crippen molar-refractivity contribution in [2.24, 2.45) is 0 Å². The van der Waals surface area contributed by atoms with Crippen molar-refractivity contribution in [3.63, 3.8) is 0 Å². The van der Waals surface area contributed by atoms with E-state index in [9.17, 15) is 4.79 Å². The zero-order chi connectivity index (χ0) is 18.5. The SMILES string of the molecule is Cc1cc(NC(=O)COc2ccccc2C#N)n(-c2ccc(Cl)cc2)n1. The number of benzene rings is 2. The molecule has 1 amide bonds. The van der Waals surface area contributed by atoms with Gasteiger partial charge in [-0.3, -0.25) is 4.79 Å². The molecule has 2 aromatic carbocycles. The maximum absolute atomic E-state index is 12.3. The van der Waals surface area contributed by atoms with Gasteiger partial charge >= 0.3 is 0 Å². The number of amides is 1. The predicted molar refractivity (Wildman–Crippen MR) is 98.6 cm³/mol. The van der Waals surface area contributed by atoms with Crippen LogP contribution in [0.25, 0.3) is 5.69 Å². The summed E-state index contributed by atoms with van der Waals surface area (Å²) in [5.41, 5.74) is 1.90. The molecule has 1 aromatic heterocycles. The fourth-order valence-electron chi connectivity index (χ4n) is 2.37. The van der Waals surface area contributed by atoms with Crippen molar-refractivity contribution in [3.05, 3.63) is 70.9 Å². The van der Waals surface area contributed by atoms with Crippen molar-refractivity contribution in [1.82, 2.24) is 9.78 Å². The summed E-state index contributed by atoms with van der Waals surface area (Å²) in [5.74, 6) is 0.535. The lowest BCUT2D eigenvalue weighted by molar-refractivity contribution is -0.118. The van der Waals surface area contributed by atoms with Crippen molar-refractivity contribution < 1.29 is 9.53 Å². The zero-order valence-corrected chi connectivity index (χ0v) is 14.7. The summed E-state index contributed by atoms with van der Waals surface area (Å²) in [6.07, 6.45) is 0. The van der Waals surface area contributed by atoms with Gasteiger partial charge in [-0.1, -0.05) is 23.7 Å². The molecule has 1 heterocycles. The minimum Gasteiger partial charge on any atom is -0.482 e. The van der Waals surface area contributed by atoms with Gasteiger partial charge in [-0.25, -0.2) is 4.68 Å². The van der Waals surface area contributed by atoms with E-state index < -0.39 is 0 Å². The Labute approximate surface area is 155 Å². The molecule has 0 saturated carbocycles. The van der Waals surface area contributed by atoms with Crippen molar-refractivity contribution in [2.75, 3.05) is 11.9 Å². The predicted octanol–water partition coefficient (Wildman–Crippen LogP) is 3.72. The normalized spacial score (nSPS) is 10.2. The van der Waals surface area contributed by atoms with Crippen LogP contribution in [0.2, 0.25) is 5.02 Å². The highest BCUT2D eigenvalue weighted by Gasteiger charge is 2.12. The van der Waals surface area contributed by atoms with E-state index in [4.69, 9.17) is 21.6 Å². The minimum atomic E-state index is -0.354. The molecule has 26 heavy (non-hydrogen) atoms. The summed E-state index contributed by atoms with van der Waals surface area (Å²) >= 11 is 5.91. The average Bonchev–Trinajstić information content (AvgIpc) is 3.01.